The van der Waals surface area contributed by atoms with E-state index in [0.717, 1.165) is 42.1 Å². The van der Waals surface area contributed by atoms with Gasteiger partial charge in [0.15, 0.2) is 5.78 Å². The van der Waals surface area contributed by atoms with Crippen molar-refractivity contribution in [3.05, 3.63) is 36.0 Å². The Bertz CT molecular complexity index is 2060. The molecule has 0 radical (unpaired) electrons. The number of hydrogen-bond donors (Lipinski definition) is 1. The molecule has 9 atom stereocenters. The topological polar surface area (TPSA) is 187 Å². The van der Waals surface area contributed by atoms with Crippen LogP contribution in [-0.4, -0.2) is 184 Å². The van der Waals surface area contributed by atoms with Crippen molar-refractivity contribution in [2.24, 2.45) is 35.5 Å². The van der Waals surface area contributed by atoms with E-state index in [0.29, 0.717) is 85.1 Å². The van der Waals surface area contributed by atoms with E-state index >= 15 is 0 Å². The van der Waals surface area contributed by atoms with Gasteiger partial charge in [-0.05, 0) is 75.5 Å². The Labute approximate surface area is 442 Å². The summed E-state index contributed by atoms with van der Waals surface area (Å²) in [4.78, 5) is 97.8. The van der Waals surface area contributed by atoms with E-state index in [4.69, 9.17) is 28.5 Å². The minimum atomic E-state index is -0.657. The molecule has 3 amide bonds. The number of H-pyrrole nitrogens is 1. The highest BCUT2D eigenvalue weighted by Gasteiger charge is 2.44. The maximum absolute atomic E-state index is 14.8. The number of likely N-dealkylation sites (N-methyl/N-ethyl adjacent to an activating group) is 2. The molecule has 2 aliphatic rings. The predicted octanol–water partition coefficient (Wildman–Crippen LogP) is 6.98. The summed E-state index contributed by atoms with van der Waals surface area (Å²) in [6.45, 7) is 19.8. The summed E-state index contributed by atoms with van der Waals surface area (Å²) in [5.41, 5.74) is 1.92. The van der Waals surface area contributed by atoms with Crippen molar-refractivity contribution in [3.8, 4) is 0 Å². The SMILES string of the molecule is CC[C@H](C)[C@@H]([C@@H](CC(=O)N1CCC[C@H]1[C@H](OC)[C@@H](C)C(=O)C[C@@H](Cc1c[nH]c2ccccc12)C(=O)N1CCCCO1)OC)N(C)C(=O)[C@@H](CC(=O)[C@H](C(C)C)N(C)CCOCCOCCOCCC(C)=O)C(C)C. The molecule has 2 aliphatic heterocycles. The van der Waals surface area contributed by atoms with Gasteiger partial charge in [0.1, 0.15) is 11.6 Å². The molecule has 1 aromatic heterocycles. The number of fused-ring (bicyclic) bond motifs is 1. The fourth-order valence-corrected chi connectivity index (χ4v) is 11.0. The van der Waals surface area contributed by atoms with Gasteiger partial charge in [-0.2, -0.15) is 0 Å². The zero-order chi connectivity index (χ0) is 54.5. The van der Waals surface area contributed by atoms with Gasteiger partial charge in [-0.15, -0.1) is 0 Å². The van der Waals surface area contributed by atoms with E-state index in [1.54, 1.807) is 26.2 Å². The molecular weight excluding hydrogens is 947 g/mol. The summed E-state index contributed by atoms with van der Waals surface area (Å²) < 4.78 is 29.1. The Balaban J connectivity index is 1.41. The lowest BCUT2D eigenvalue weighted by Gasteiger charge is -2.41. The van der Waals surface area contributed by atoms with Crippen LogP contribution < -0.4 is 0 Å². The molecule has 2 fully saturated rings. The zero-order valence-electron chi connectivity index (χ0n) is 47.1. The number of amides is 3. The summed E-state index contributed by atoms with van der Waals surface area (Å²) in [7, 11) is 6.84. The number of rotatable bonds is 35. The normalized spacial score (nSPS) is 18.6. The van der Waals surface area contributed by atoms with Crippen molar-refractivity contribution in [2.75, 3.05) is 94.2 Å². The molecule has 1 N–H and O–H groups in total. The minimum absolute atomic E-state index is 0.00433. The van der Waals surface area contributed by atoms with Gasteiger partial charge in [0.05, 0.1) is 88.9 Å². The molecule has 0 aliphatic carbocycles. The zero-order valence-corrected chi connectivity index (χ0v) is 47.1. The number of carbonyl (C=O) groups excluding carboxylic acids is 6. The molecule has 0 unspecified atom stereocenters. The van der Waals surface area contributed by atoms with Gasteiger partial charge in [0.25, 0.3) is 0 Å². The first-order valence-electron chi connectivity index (χ1n) is 27.5. The quantitative estimate of drug-likeness (QED) is 0.0698. The number of Topliss-reactive ketones (excluding diaryl/α,β-unsaturated/α-hetero) is 3. The number of hydrogen-bond acceptors (Lipinski definition) is 13. The average molecular weight is 1040 g/mol. The fraction of sp³-hybridized carbons (Fsp3) is 0.754. The second kappa shape index (κ2) is 31.8. The standard InChI is InChI=1S/C57H93N5O12/c1-13-40(6)54(60(10)57(68)46(38(2)3)35-50(65)53(39(4)5)59(9)25-28-72-30-32-73-31-29-71-27-22-41(7)63)51(69-11)36-52(66)61-23-18-21-48(61)55(70-12)42(8)49(64)34-43(56(67)62-24-16-17-26-74-62)33-44-37-58-47-20-15-14-19-45(44)47/h14-15,19-20,37-40,42-43,46,48,51,53-55,58H,13,16-18,21-36H2,1-12H3/t40-,42-,43+,46-,48-,51+,53-,54-,55+/m0/s1. The van der Waals surface area contributed by atoms with Crippen LogP contribution in [0.1, 0.15) is 119 Å². The van der Waals surface area contributed by atoms with Gasteiger partial charge in [0.2, 0.25) is 17.7 Å². The van der Waals surface area contributed by atoms with E-state index < -0.39 is 42.0 Å². The molecule has 418 valence electrons. The Morgan fingerprint density at radius 3 is 2.08 bits per heavy atom. The first-order valence-corrected chi connectivity index (χ1v) is 27.5. The van der Waals surface area contributed by atoms with Gasteiger partial charge >= 0.3 is 0 Å². The van der Waals surface area contributed by atoms with Crippen LogP contribution in [0, 0.1) is 35.5 Å². The number of ether oxygens (including phenoxy) is 5. The predicted molar refractivity (Wildman–Crippen MR) is 285 cm³/mol. The monoisotopic (exact) mass is 1040 g/mol. The molecule has 17 nitrogen and oxygen atoms in total. The van der Waals surface area contributed by atoms with Gasteiger partial charge in [0, 0.05) is 89.1 Å². The van der Waals surface area contributed by atoms with Gasteiger partial charge in [-0.25, -0.2) is 5.06 Å². The number of hydroxylamine groups is 2. The van der Waals surface area contributed by atoms with Crippen molar-refractivity contribution in [1.82, 2.24) is 24.7 Å². The summed E-state index contributed by atoms with van der Waals surface area (Å²) in [6.07, 6.45) is 5.26. The third-order valence-electron chi connectivity index (χ3n) is 15.4. The molecule has 0 bridgehead atoms. The van der Waals surface area contributed by atoms with E-state index in [-0.39, 0.29) is 78.1 Å². The number of nitrogens with zero attached hydrogens (tertiary/aromatic N) is 4. The molecule has 0 spiro atoms. The third-order valence-corrected chi connectivity index (χ3v) is 15.4. The second-order valence-corrected chi connectivity index (χ2v) is 21.5. The molecule has 17 heteroatoms. The summed E-state index contributed by atoms with van der Waals surface area (Å²) in [6, 6.07) is 6.63. The Kier molecular flexibility index (Phi) is 26.9. The van der Waals surface area contributed by atoms with Crippen LogP contribution >= 0.6 is 0 Å². The fourth-order valence-electron chi connectivity index (χ4n) is 11.0. The van der Waals surface area contributed by atoms with E-state index in [2.05, 4.69) is 18.8 Å². The summed E-state index contributed by atoms with van der Waals surface area (Å²) >= 11 is 0. The largest absolute Gasteiger partial charge is 0.379 e. The van der Waals surface area contributed by atoms with Crippen molar-refractivity contribution in [3.63, 3.8) is 0 Å². The number of nitrogens with one attached hydrogen (secondary N) is 1. The molecule has 4 rings (SSSR count). The smallest absolute Gasteiger partial charge is 0.250 e. The lowest BCUT2D eigenvalue weighted by molar-refractivity contribution is -0.201. The Morgan fingerprint density at radius 2 is 1.47 bits per heavy atom. The van der Waals surface area contributed by atoms with Crippen LogP contribution in [0.5, 0.6) is 0 Å². The minimum Gasteiger partial charge on any atom is -0.379 e. The van der Waals surface area contributed by atoms with Crippen molar-refractivity contribution < 1.29 is 57.3 Å². The lowest BCUT2D eigenvalue weighted by atomic mass is 9.83. The number of likely N-dealkylation sites (tertiary alicyclic amines) is 1. The molecule has 2 aromatic rings. The maximum atomic E-state index is 14.8. The van der Waals surface area contributed by atoms with Crippen LogP contribution in [0.15, 0.2) is 30.5 Å². The van der Waals surface area contributed by atoms with Gasteiger partial charge in [-0.1, -0.05) is 73.1 Å². The van der Waals surface area contributed by atoms with E-state index in [1.165, 1.54) is 12.0 Å². The number of aromatic amines is 1. The van der Waals surface area contributed by atoms with Crippen LogP contribution in [0.3, 0.4) is 0 Å². The van der Waals surface area contributed by atoms with E-state index in [9.17, 15) is 28.8 Å². The van der Waals surface area contributed by atoms with Gasteiger partial charge < -0.3 is 38.5 Å². The molecule has 0 saturated carbocycles. The van der Waals surface area contributed by atoms with Crippen molar-refractivity contribution >= 4 is 46.0 Å². The number of aromatic nitrogens is 1. The molecule has 3 heterocycles. The summed E-state index contributed by atoms with van der Waals surface area (Å²) in [5, 5.41) is 2.44. The van der Waals surface area contributed by atoms with Crippen LogP contribution in [-0.2, 0) is 63.7 Å². The lowest BCUT2D eigenvalue weighted by Crippen LogP contribution is -2.54. The van der Waals surface area contributed by atoms with Gasteiger partial charge in [-0.3, -0.25) is 38.5 Å². The highest BCUT2D eigenvalue weighted by Crippen LogP contribution is 2.33. The number of ketones is 3. The Hall–Kier alpha value is -4.10. The molecule has 74 heavy (non-hydrogen) atoms. The molecule has 2 saturated heterocycles. The van der Waals surface area contributed by atoms with Crippen LogP contribution in [0.25, 0.3) is 10.9 Å². The summed E-state index contributed by atoms with van der Waals surface area (Å²) in [5.74, 6) is -2.63. The highest BCUT2D eigenvalue weighted by atomic mass is 16.7. The van der Waals surface area contributed by atoms with Crippen molar-refractivity contribution in [1.29, 1.82) is 0 Å². The van der Waals surface area contributed by atoms with E-state index in [1.807, 2.05) is 81.9 Å². The van der Waals surface area contributed by atoms with Crippen LogP contribution in [0.4, 0.5) is 0 Å². The Morgan fingerprint density at radius 1 is 0.797 bits per heavy atom. The third kappa shape index (κ3) is 18.0. The molecule has 1 aromatic carbocycles. The first-order chi connectivity index (χ1) is 35.4. The highest BCUT2D eigenvalue weighted by molar-refractivity contribution is 5.91. The first kappa shape index (κ1) is 62.4. The van der Waals surface area contributed by atoms with Crippen molar-refractivity contribution in [2.45, 2.75) is 150 Å². The maximum Gasteiger partial charge on any atom is 0.250 e. The number of benzene rings is 1. The number of carbonyl (C=O) groups is 6. The number of para-hydroxylation sites is 1. The average Bonchev–Trinajstić information content (AvgIpc) is 4.04. The number of methoxy groups -OCH3 is 2. The van der Waals surface area contributed by atoms with Crippen LogP contribution in [0.2, 0.25) is 0 Å². The second-order valence-electron chi connectivity index (χ2n) is 21.5. The molecular formula is C57H93N5O12.